The van der Waals surface area contributed by atoms with Gasteiger partial charge in [-0.3, -0.25) is 4.79 Å². The maximum atomic E-state index is 11.7. The van der Waals surface area contributed by atoms with E-state index in [9.17, 15) is 9.90 Å². The third-order valence-electron chi connectivity index (χ3n) is 2.46. The molecule has 4 nitrogen and oxygen atoms in total. The largest absolute Gasteiger partial charge is 0.480 e. The number of terminal acetylenes is 1. The Morgan fingerprint density at radius 1 is 1.58 bits per heavy atom. The number of benzene rings is 1. The summed E-state index contributed by atoms with van der Waals surface area (Å²) in [5, 5.41) is 12.2. The first kappa shape index (κ1) is 15.5. The lowest BCUT2D eigenvalue weighted by Crippen LogP contribution is -2.36. The zero-order chi connectivity index (χ0) is 14.4. The van der Waals surface area contributed by atoms with E-state index in [2.05, 4.69) is 27.2 Å². The smallest absolute Gasteiger partial charge is 0.261 e. The van der Waals surface area contributed by atoms with E-state index < -0.39 is 12.2 Å². The quantitative estimate of drug-likeness (QED) is 0.814. The minimum absolute atomic E-state index is 0.161. The molecule has 0 radical (unpaired) electrons. The summed E-state index contributed by atoms with van der Waals surface area (Å²) in [7, 11) is 0. The molecule has 0 aliphatic rings. The first-order valence-electron chi connectivity index (χ1n) is 5.81. The van der Waals surface area contributed by atoms with Gasteiger partial charge >= 0.3 is 0 Å². The summed E-state index contributed by atoms with van der Waals surface area (Å²) in [6.07, 6.45) is 3.70. The van der Waals surface area contributed by atoms with Gasteiger partial charge in [0.1, 0.15) is 5.75 Å². The van der Waals surface area contributed by atoms with Crippen molar-refractivity contribution in [3.05, 3.63) is 28.2 Å². The van der Waals surface area contributed by atoms with E-state index in [1.54, 1.807) is 32.0 Å². The van der Waals surface area contributed by atoms with Crippen LogP contribution in [0.5, 0.6) is 5.75 Å². The molecule has 0 fully saturated rings. The number of aliphatic hydroxyl groups is 1. The minimum Gasteiger partial charge on any atom is -0.480 e. The van der Waals surface area contributed by atoms with Gasteiger partial charge in [0, 0.05) is 10.0 Å². The lowest BCUT2D eigenvalue weighted by molar-refractivity contribution is -0.127. The van der Waals surface area contributed by atoms with Crippen LogP contribution in [0.15, 0.2) is 22.7 Å². The van der Waals surface area contributed by atoms with Gasteiger partial charge in [0.15, 0.2) is 6.10 Å². The highest BCUT2D eigenvalue weighted by Crippen LogP contribution is 2.29. The summed E-state index contributed by atoms with van der Waals surface area (Å²) in [6, 6.07) is 5.27. The van der Waals surface area contributed by atoms with Gasteiger partial charge in [-0.1, -0.05) is 27.9 Å². The molecular weight excluding hydrogens is 310 g/mol. The number of ether oxygens (including phenoxy) is 1. The summed E-state index contributed by atoms with van der Waals surface area (Å²) >= 11 is 3.33. The summed E-state index contributed by atoms with van der Waals surface area (Å²) in [5.41, 5.74) is 0.625. The molecule has 5 heteroatoms. The molecule has 102 valence electrons. The van der Waals surface area contributed by atoms with Gasteiger partial charge in [0.05, 0.1) is 12.6 Å². The zero-order valence-electron chi connectivity index (χ0n) is 10.8. The molecule has 0 bridgehead atoms. The van der Waals surface area contributed by atoms with Crippen LogP contribution in [-0.4, -0.2) is 23.7 Å². The number of carbonyl (C=O) groups excluding carboxylic acids is 1. The Labute approximate surface area is 121 Å². The molecule has 0 aliphatic carbocycles. The van der Waals surface area contributed by atoms with Crippen LogP contribution >= 0.6 is 15.9 Å². The second-order valence-electron chi connectivity index (χ2n) is 4.04. The number of halogens is 1. The van der Waals surface area contributed by atoms with E-state index in [1.807, 2.05) is 0 Å². The molecule has 0 saturated heterocycles. The number of hydrogen-bond acceptors (Lipinski definition) is 3. The Kier molecular flexibility index (Phi) is 5.87. The molecular formula is C14H16BrNO3. The number of hydrogen-bond donors (Lipinski definition) is 2. The van der Waals surface area contributed by atoms with Crippen molar-refractivity contribution in [1.29, 1.82) is 0 Å². The molecule has 1 aromatic rings. The molecule has 1 aromatic carbocycles. The SMILES string of the molecule is C#CCNC(=O)C(C)Oc1cc(Br)ccc1[C@@H](C)O. The van der Waals surface area contributed by atoms with Crippen molar-refractivity contribution < 1.29 is 14.6 Å². The van der Waals surface area contributed by atoms with Gasteiger partial charge in [-0.2, -0.15) is 0 Å². The summed E-state index contributed by atoms with van der Waals surface area (Å²) in [6.45, 7) is 3.42. The minimum atomic E-state index is -0.694. The predicted molar refractivity (Wildman–Crippen MR) is 76.7 cm³/mol. The number of nitrogens with one attached hydrogen (secondary N) is 1. The predicted octanol–water partition coefficient (Wildman–Crippen LogP) is 2.02. The van der Waals surface area contributed by atoms with Gasteiger partial charge in [-0.05, 0) is 26.0 Å². The topological polar surface area (TPSA) is 58.6 Å². The molecule has 0 heterocycles. The lowest BCUT2D eigenvalue weighted by Gasteiger charge is -2.18. The molecule has 0 saturated carbocycles. The fraction of sp³-hybridized carbons (Fsp3) is 0.357. The molecule has 2 atom stereocenters. The Morgan fingerprint density at radius 3 is 2.84 bits per heavy atom. The van der Waals surface area contributed by atoms with Crippen LogP contribution in [-0.2, 0) is 4.79 Å². The van der Waals surface area contributed by atoms with Crippen molar-refractivity contribution in [3.63, 3.8) is 0 Å². The number of carbonyl (C=O) groups is 1. The fourth-order valence-electron chi connectivity index (χ4n) is 1.48. The monoisotopic (exact) mass is 325 g/mol. The lowest BCUT2D eigenvalue weighted by atomic mass is 10.1. The average molecular weight is 326 g/mol. The van der Waals surface area contributed by atoms with Gasteiger partial charge in [-0.25, -0.2) is 0 Å². The van der Waals surface area contributed by atoms with Crippen LogP contribution in [0.1, 0.15) is 25.5 Å². The van der Waals surface area contributed by atoms with Crippen LogP contribution in [0, 0.1) is 12.3 Å². The molecule has 2 N–H and O–H groups in total. The van der Waals surface area contributed by atoms with E-state index in [0.717, 1.165) is 4.47 Å². The van der Waals surface area contributed by atoms with E-state index >= 15 is 0 Å². The maximum absolute atomic E-state index is 11.7. The van der Waals surface area contributed by atoms with Gasteiger partial charge < -0.3 is 15.2 Å². The van der Waals surface area contributed by atoms with Crippen molar-refractivity contribution in [2.75, 3.05) is 6.54 Å². The van der Waals surface area contributed by atoms with Crippen LogP contribution < -0.4 is 10.1 Å². The molecule has 0 aliphatic heterocycles. The molecule has 1 unspecified atom stereocenters. The summed E-state index contributed by atoms with van der Waals surface area (Å²) in [5.74, 6) is 2.49. The fourth-order valence-corrected chi connectivity index (χ4v) is 1.82. The highest BCUT2D eigenvalue weighted by Gasteiger charge is 2.17. The first-order chi connectivity index (χ1) is 8.95. The van der Waals surface area contributed by atoms with Crippen LogP contribution in [0.4, 0.5) is 0 Å². The third-order valence-corrected chi connectivity index (χ3v) is 2.96. The Balaban J connectivity index is 2.84. The summed E-state index contributed by atoms with van der Waals surface area (Å²) in [4.78, 5) is 11.7. The Hall–Kier alpha value is -1.51. The van der Waals surface area contributed by atoms with Crippen molar-refractivity contribution in [2.24, 2.45) is 0 Å². The van der Waals surface area contributed by atoms with E-state index in [1.165, 1.54) is 0 Å². The van der Waals surface area contributed by atoms with Crippen LogP contribution in [0.25, 0.3) is 0 Å². The molecule has 1 rings (SSSR count). The maximum Gasteiger partial charge on any atom is 0.261 e. The van der Waals surface area contributed by atoms with Crippen molar-refractivity contribution in [1.82, 2.24) is 5.32 Å². The highest BCUT2D eigenvalue weighted by molar-refractivity contribution is 9.10. The number of amides is 1. The van der Waals surface area contributed by atoms with Gasteiger partial charge in [0.2, 0.25) is 0 Å². The average Bonchev–Trinajstić information content (AvgIpc) is 2.35. The highest BCUT2D eigenvalue weighted by atomic mass is 79.9. The van der Waals surface area contributed by atoms with Gasteiger partial charge in [-0.15, -0.1) is 6.42 Å². The summed E-state index contributed by atoms with van der Waals surface area (Å²) < 4.78 is 6.38. The van der Waals surface area contributed by atoms with E-state index in [4.69, 9.17) is 11.2 Å². The van der Waals surface area contributed by atoms with E-state index in [-0.39, 0.29) is 12.5 Å². The van der Waals surface area contributed by atoms with E-state index in [0.29, 0.717) is 11.3 Å². The first-order valence-corrected chi connectivity index (χ1v) is 6.60. The van der Waals surface area contributed by atoms with Crippen molar-refractivity contribution in [2.45, 2.75) is 26.1 Å². The second-order valence-corrected chi connectivity index (χ2v) is 4.96. The normalized spacial score (nSPS) is 13.2. The number of rotatable bonds is 5. The zero-order valence-corrected chi connectivity index (χ0v) is 12.4. The Bertz CT molecular complexity index is 494. The Morgan fingerprint density at radius 2 is 2.26 bits per heavy atom. The third kappa shape index (κ3) is 4.58. The van der Waals surface area contributed by atoms with Crippen molar-refractivity contribution in [3.8, 4) is 18.1 Å². The second kappa shape index (κ2) is 7.17. The molecule has 0 spiro atoms. The molecule has 1 amide bonds. The van der Waals surface area contributed by atoms with Gasteiger partial charge in [0.25, 0.3) is 5.91 Å². The standard InChI is InChI=1S/C14H16BrNO3/c1-4-7-16-14(18)10(3)19-13-8-11(15)5-6-12(13)9(2)17/h1,5-6,8-10,17H,7H2,2-3H3,(H,16,18)/t9-,10?/m1/s1. The molecule has 19 heavy (non-hydrogen) atoms. The molecule has 0 aromatic heterocycles. The van der Waals surface area contributed by atoms with Crippen LogP contribution in [0.3, 0.4) is 0 Å². The van der Waals surface area contributed by atoms with Crippen molar-refractivity contribution >= 4 is 21.8 Å². The number of aliphatic hydroxyl groups excluding tert-OH is 1. The van der Waals surface area contributed by atoms with Crippen LogP contribution in [0.2, 0.25) is 0 Å².